The summed E-state index contributed by atoms with van der Waals surface area (Å²) in [4.78, 5) is 23.6. The zero-order valence-electron chi connectivity index (χ0n) is 11.3. The van der Waals surface area contributed by atoms with Crippen molar-refractivity contribution in [3.63, 3.8) is 0 Å². The van der Waals surface area contributed by atoms with Crippen molar-refractivity contribution in [1.82, 2.24) is 5.32 Å². The van der Waals surface area contributed by atoms with Gasteiger partial charge in [0.2, 0.25) is 0 Å². The highest BCUT2D eigenvalue weighted by atomic mass is 16.5. The zero-order chi connectivity index (χ0) is 14.5. The molecule has 0 bridgehead atoms. The van der Waals surface area contributed by atoms with E-state index in [9.17, 15) is 9.59 Å². The molecule has 0 aliphatic carbocycles. The Morgan fingerprint density at radius 1 is 1.30 bits per heavy atom. The molecule has 1 heterocycles. The van der Waals surface area contributed by atoms with Crippen molar-refractivity contribution in [2.75, 3.05) is 13.7 Å². The van der Waals surface area contributed by atoms with E-state index in [0.717, 1.165) is 11.3 Å². The Kier molecular flexibility index (Phi) is 4.20. The van der Waals surface area contributed by atoms with Crippen LogP contribution >= 0.6 is 0 Å². The molecule has 2 rings (SSSR count). The lowest BCUT2D eigenvalue weighted by atomic mass is 10.1. The van der Waals surface area contributed by atoms with Crippen molar-refractivity contribution in [3.05, 3.63) is 53.5 Å². The summed E-state index contributed by atoms with van der Waals surface area (Å²) in [5.41, 5.74) is 1.40. The van der Waals surface area contributed by atoms with Gasteiger partial charge in [-0.25, -0.2) is 0 Å². The van der Waals surface area contributed by atoms with Crippen molar-refractivity contribution in [3.8, 4) is 5.75 Å². The van der Waals surface area contributed by atoms with Crippen LogP contribution in [-0.2, 0) is 0 Å². The van der Waals surface area contributed by atoms with Crippen LogP contribution in [0, 0.1) is 6.92 Å². The number of hydrogen-bond donors (Lipinski definition) is 1. The molecule has 0 spiro atoms. The number of methoxy groups -OCH3 is 1. The number of nitrogens with one attached hydrogen (secondary N) is 1. The Balaban J connectivity index is 1.98. The fourth-order valence-corrected chi connectivity index (χ4v) is 1.81. The lowest BCUT2D eigenvalue weighted by Crippen LogP contribution is -2.29. The lowest BCUT2D eigenvalue weighted by molar-refractivity contribution is 0.0885. The summed E-state index contributed by atoms with van der Waals surface area (Å²) in [6.45, 7) is 1.78. The maximum atomic E-state index is 12.0. The first kappa shape index (κ1) is 13.9. The van der Waals surface area contributed by atoms with Crippen LogP contribution in [0.25, 0.3) is 0 Å². The molecule has 5 heteroatoms. The van der Waals surface area contributed by atoms with Gasteiger partial charge in [-0.3, -0.25) is 9.59 Å². The maximum Gasteiger partial charge on any atom is 0.287 e. The van der Waals surface area contributed by atoms with Gasteiger partial charge < -0.3 is 14.5 Å². The molecule has 1 aromatic carbocycles. The second kappa shape index (κ2) is 6.06. The summed E-state index contributed by atoms with van der Waals surface area (Å²) < 4.78 is 10.1. The number of furan rings is 1. The van der Waals surface area contributed by atoms with E-state index in [1.54, 1.807) is 31.4 Å². The van der Waals surface area contributed by atoms with E-state index in [0.29, 0.717) is 5.56 Å². The molecule has 1 amide bonds. The van der Waals surface area contributed by atoms with Crippen LogP contribution in [-0.4, -0.2) is 25.3 Å². The first-order chi connectivity index (χ1) is 9.61. The van der Waals surface area contributed by atoms with Crippen molar-refractivity contribution in [1.29, 1.82) is 0 Å². The van der Waals surface area contributed by atoms with Gasteiger partial charge in [-0.15, -0.1) is 0 Å². The highest BCUT2D eigenvalue weighted by molar-refractivity contribution is 6.01. The van der Waals surface area contributed by atoms with Gasteiger partial charge in [0.15, 0.2) is 11.5 Å². The average molecular weight is 273 g/mol. The molecule has 5 nitrogen and oxygen atoms in total. The van der Waals surface area contributed by atoms with Crippen molar-refractivity contribution < 1.29 is 18.7 Å². The summed E-state index contributed by atoms with van der Waals surface area (Å²) in [7, 11) is 1.58. The van der Waals surface area contributed by atoms with Crippen molar-refractivity contribution in [2.24, 2.45) is 0 Å². The van der Waals surface area contributed by atoms with Gasteiger partial charge in [-0.2, -0.15) is 0 Å². The smallest absolute Gasteiger partial charge is 0.287 e. The molecule has 1 aromatic heterocycles. The van der Waals surface area contributed by atoms with E-state index in [-0.39, 0.29) is 18.1 Å². The minimum absolute atomic E-state index is 0.0781. The summed E-state index contributed by atoms with van der Waals surface area (Å²) in [6.07, 6.45) is 1.41. The van der Waals surface area contributed by atoms with Crippen LogP contribution < -0.4 is 10.1 Å². The Hall–Kier alpha value is -2.56. The van der Waals surface area contributed by atoms with E-state index in [1.807, 2.05) is 6.92 Å². The summed E-state index contributed by atoms with van der Waals surface area (Å²) >= 11 is 0. The van der Waals surface area contributed by atoms with Crippen molar-refractivity contribution >= 4 is 11.7 Å². The largest absolute Gasteiger partial charge is 0.496 e. The molecule has 20 heavy (non-hydrogen) atoms. The number of carbonyl (C=O) groups is 2. The molecule has 0 aliphatic rings. The molecule has 0 fully saturated rings. The topological polar surface area (TPSA) is 68.5 Å². The summed E-state index contributed by atoms with van der Waals surface area (Å²) in [6, 6.07) is 8.30. The molecule has 1 N–H and O–H groups in total. The van der Waals surface area contributed by atoms with Crippen molar-refractivity contribution in [2.45, 2.75) is 6.92 Å². The lowest BCUT2D eigenvalue weighted by Gasteiger charge is -2.07. The molecular formula is C15H15NO4. The number of rotatable bonds is 5. The van der Waals surface area contributed by atoms with Gasteiger partial charge in [-0.05, 0) is 42.8 Å². The number of hydrogen-bond acceptors (Lipinski definition) is 4. The Morgan fingerprint density at radius 2 is 2.10 bits per heavy atom. The quantitative estimate of drug-likeness (QED) is 0.848. The second-order valence-corrected chi connectivity index (χ2v) is 4.27. The number of Topliss-reactive ketones (excluding diaryl/α,β-unsaturated/α-hetero) is 1. The minimum Gasteiger partial charge on any atom is -0.496 e. The van der Waals surface area contributed by atoms with E-state index in [2.05, 4.69) is 5.32 Å². The predicted octanol–water partition coefficient (Wildman–Crippen LogP) is 2.21. The van der Waals surface area contributed by atoms with Gasteiger partial charge >= 0.3 is 0 Å². The van der Waals surface area contributed by atoms with E-state index in [4.69, 9.17) is 9.15 Å². The van der Waals surface area contributed by atoms with Crippen LogP contribution in [0.4, 0.5) is 0 Å². The Labute approximate surface area is 116 Å². The number of carbonyl (C=O) groups excluding carboxylic acids is 2. The molecule has 0 radical (unpaired) electrons. The third-order valence-corrected chi connectivity index (χ3v) is 2.87. The maximum absolute atomic E-state index is 12.0. The van der Waals surface area contributed by atoms with Crippen LogP contribution in [0.2, 0.25) is 0 Å². The number of amides is 1. The zero-order valence-corrected chi connectivity index (χ0v) is 11.3. The highest BCUT2D eigenvalue weighted by Crippen LogP contribution is 2.18. The van der Waals surface area contributed by atoms with E-state index < -0.39 is 5.91 Å². The molecule has 2 aromatic rings. The first-order valence-electron chi connectivity index (χ1n) is 6.11. The SMILES string of the molecule is COc1ccc(C(=O)CNC(=O)c2ccco2)cc1C. The number of aryl methyl sites for hydroxylation is 1. The van der Waals surface area contributed by atoms with Gasteiger partial charge in [0.05, 0.1) is 19.9 Å². The van der Waals surface area contributed by atoms with E-state index >= 15 is 0 Å². The van der Waals surface area contributed by atoms with Crippen LogP contribution in [0.1, 0.15) is 26.5 Å². The normalized spacial score (nSPS) is 10.1. The second-order valence-electron chi connectivity index (χ2n) is 4.27. The average Bonchev–Trinajstić information content (AvgIpc) is 2.98. The third-order valence-electron chi connectivity index (χ3n) is 2.87. The number of ketones is 1. The Bertz CT molecular complexity index is 617. The fourth-order valence-electron chi connectivity index (χ4n) is 1.81. The monoisotopic (exact) mass is 273 g/mol. The third kappa shape index (κ3) is 3.06. The minimum atomic E-state index is -0.409. The van der Waals surface area contributed by atoms with Gasteiger partial charge in [-0.1, -0.05) is 0 Å². The van der Waals surface area contributed by atoms with Gasteiger partial charge in [0.1, 0.15) is 5.75 Å². The standard InChI is InChI=1S/C15H15NO4/c1-10-8-11(5-6-13(10)19-2)12(17)9-16-15(18)14-4-3-7-20-14/h3-8H,9H2,1-2H3,(H,16,18). The van der Waals surface area contributed by atoms with Crippen LogP contribution in [0.3, 0.4) is 0 Å². The summed E-state index contributed by atoms with van der Waals surface area (Å²) in [5, 5.41) is 2.52. The van der Waals surface area contributed by atoms with E-state index in [1.165, 1.54) is 12.3 Å². The molecular weight excluding hydrogens is 258 g/mol. The summed E-state index contributed by atoms with van der Waals surface area (Å²) in [5.74, 6) is 0.328. The number of benzene rings is 1. The molecule has 0 aliphatic heterocycles. The molecule has 0 saturated heterocycles. The van der Waals surface area contributed by atoms with Gasteiger partial charge in [0, 0.05) is 5.56 Å². The molecule has 0 unspecified atom stereocenters. The molecule has 0 saturated carbocycles. The fraction of sp³-hybridized carbons (Fsp3) is 0.200. The predicted molar refractivity (Wildman–Crippen MR) is 73.1 cm³/mol. The Morgan fingerprint density at radius 3 is 2.70 bits per heavy atom. The first-order valence-corrected chi connectivity index (χ1v) is 6.11. The molecule has 0 atom stereocenters. The number of ether oxygens (including phenoxy) is 1. The molecule has 104 valence electrons. The van der Waals surface area contributed by atoms with Crippen LogP contribution in [0.15, 0.2) is 41.0 Å². The highest BCUT2D eigenvalue weighted by Gasteiger charge is 2.12. The van der Waals surface area contributed by atoms with Crippen LogP contribution in [0.5, 0.6) is 5.75 Å². The van der Waals surface area contributed by atoms with Gasteiger partial charge in [0.25, 0.3) is 5.91 Å².